The summed E-state index contributed by atoms with van der Waals surface area (Å²) in [6, 6.07) is 7.06. The van der Waals surface area contributed by atoms with Crippen LogP contribution in [-0.2, 0) is 15.6 Å². The van der Waals surface area contributed by atoms with Crippen molar-refractivity contribution in [3.05, 3.63) is 35.4 Å². The molecule has 9 heteroatoms. The van der Waals surface area contributed by atoms with E-state index in [0.29, 0.717) is 11.5 Å². The summed E-state index contributed by atoms with van der Waals surface area (Å²) in [5.74, 6) is 0.321. The highest BCUT2D eigenvalue weighted by Gasteiger charge is 2.58. The van der Waals surface area contributed by atoms with Gasteiger partial charge in [-0.2, -0.15) is 0 Å². The largest absolute Gasteiger partial charge is 0.369 e. The van der Waals surface area contributed by atoms with Gasteiger partial charge in [0.25, 0.3) is 5.08 Å². The topological polar surface area (TPSA) is 135 Å². The van der Waals surface area contributed by atoms with Gasteiger partial charge in [-0.3, -0.25) is 9.13 Å². The van der Waals surface area contributed by atoms with Gasteiger partial charge < -0.3 is 24.7 Å². The summed E-state index contributed by atoms with van der Waals surface area (Å²) in [6.45, 7) is 4.02. The Hall–Kier alpha value is -0.520. The first-order chi connectivity index (χ1) is 9.38. The SMILES string of the molecule is CC(C)c1ccc(CCC(O)(P(=O)(O)O)P(=O)(O)O)cc1. The summed E-state index contributed by atoms with van der Waals surface area (Å²) in [4.78, 5) is 36.1. The first-order valence-electron chi connectivity index (χ1n) is 6.31. The Labute approximate surface area is 123 Å². The summed E-state index contributed by atoms with van der Waals surface area (Å²) in [7, 11) is -10.8. The van der Waals surface area contributed by atoms with Crippen LogP contribution in [0, 0.1) is 0 Å². The van der Waals surface area contributed by atoms with Crippen LogP contribution >= 0.6 is 15.2 Å². The zero-order chi connectivity index (χ0) is 16.5. The molecule has 5 N–H and O–H groups in total. The summed E-state index contributed by atoms with van der Waals surface area (Å²) in [6.07, 6.45) is -0.798. The molecule has 0 aromatic heterocycles. The van der Waals surface area contributed by atoms with Gasteiger partial charge in [-0.1, -0.05) is 38.1 Å². The predicted octanol–water partition coefficient (Wildman–Crippen LogP) is 1.74. The lowest BCUT2D eigenvalue weighted by molar-refractivity contribution is 0.123. The van der Waals surface area contributed by atoms with Gasteiger partial charge >= 0.3 is 15.2 Å². The van der Waals surface area contributed by atoms with Gasteiger partial charge in [-0.05, 0) is 23.5 Å². The average Bonchev–Trinajstić information content (AvgIpc) is 2.33. The predicted molar refractivity (Wildman–Crippen MR) is 77.9 cm³/mol. The molecule has 1 rings (SSSR count). The normalized spacial score (nSPS) is 13.7. The number of rotatable bonds is 6. The molecule has 0 saturated heterocycles. The van der Waals surface area contributed by atoms with Crippen molar-refractivity contribution in [1.29, 1.82) is 0 Å². The fraction of sp³-hybridized carbons (Fsp3) is 0.500. The maximum absolute atomic E-state index is 11.2. The smallest absolute Gasteiger partial charge is 0.368 e. The van der Waals surface area contributed by atoms with E-state index in [0.717, 1.165) is 5.56 Å². The molecule has 21 heavy (non-hydrogen) atoms. The van der Waals surface area contributed by atoms with Crippen molar-refractivity contribution in [2.75, 3.05) is 0 Å². The van der Waals surface area contributed by atoms with E-state index >= 15 is 0 Å². The molecule has 0 aliphatic carbocycles. The second-order valence-electron chi connectivity index (χ2n) is 5.26. The van der Waals surface area contributed by atoms with E-state index in [2.05, 4.69) is 0 Å². The number of benzene rings is 1. The third-order valence-corrected chi connectivity index (χ3v) is 7.20. The van der Waals surface area contributed by atoms with Gasteiger partial charge in [0, 0.05) is 6.42 Å². The van der Waals surface area contributed by atoms with Gasteiger partial charge in [0.15, 0.2) is 0 Å². The fourth-order valence-corrected chi connectivity index (χ4v) is 4.01. The van der Waals surface area contributed by atoms with E-state index in [9.17, 15) is 14.2 Å². The molecule has 0 radical (unpaired) electrons. The Bertz CT molecular complexity index is 548. The minimum atomic E-state index is -5.38. The van der Waals surface area contributed by atoms with Crippen LogP contribution in [0.1, 0.15) is 37.3 Å². The van der Waals surface area contributed by atoms with Gasteiger partial charge in [-0.15, -0.1) is 0 Å². The van der Waals surface area contributed by atoms with E-state index in [4.69, 9.17) is 19.6 Å². The van der Waals surface area contributed by atoms with E-state index in [1.807, 2.05) is 26.0 Å². The minimum absolute atomic E-state index is 0.0644. The van der Waals surface area contributed by atoms with Crippen molar-refractivity contribution in [2.45, 2.75) is 37.7 Å². The molecule has 0 unspecified atom stereocenters. The summed E-state index contributed by atoms with van der Waals surface area (Å²) in [5, 5.41) is 6.41. The van der Waals surface area contributed by atoms with Gasteiger partial charge in [0.1, 0.15) is 0 Å². The molecule has 0 saturated carbocycles. The zero-order valence-corrected chi connectivity index (χ0v) is 13.5. The number of aryl methyl sites for hydroxylation is 1. The maximum Gasteiger partial charge on any atom is 0.369 e. The van der Waals surface area contributed by atoms with E-state index in [1.54, 1.807) is 12.1 Å². The monoisotopic (exact) mass is 338 g/mol. The van der Waals surface area contributed by atoms with E-state index in [-0.39, 0.29) is 6.42 Å². The molecule has 0 aliphatic heterocycles. The molecule has 0 heterocycles. The summed E-state index contributed by atoms with van der Waals surface area (Å²) < 4.78 is 22.4. The first-order valence-corrected chi connectivity index (χ1v) is 9.53. The molecule has 0 amide bonds. The van der Waals surface area contributed by atoms with Crippen LogP contribution in [0.25, 0.3) is 0 Å². The Kier molecular flexibility index (Phi) is 5.56. The van der Waals surface area contributed by atoms with E-state index in [1.165, 1.54) is 0 Å². The fourth-order valence-electron chi connectivity index (χ4n) is 1.84. The second-order valence-corrected chi connectivity index (χ2v) is 9.27. The molecule has 7 nitrogen and oxygen atoms in total. The molecule has 0 spiro atoms. The maximum atomic E-state index is 11.2. The highest BCUT2D eigenvalue weighted by molar-refractivity contribution is 7.72. The molecule has 0 fully saturated rings. The van der Waals surface area contributed by atoms with Crippen LogP contribution in [0.5, 0.6) is 0 Å². The van der Waals surface area contributed by atoms with Crippen LogP contribution in [-0.4, -0.2) is 29.8 Å². The van der Waals surface area contributed by atoms with Crippen LogP contribution < -0.4 is 0 Å². The quantitative estimate of drug-likeness (QED) is 0.499. The molecule has 0 aliphatic rings. The zero-order valence-electron chi connectivity index (χ0n) is 11.7. The van der Waals surface area contributed by atoms with Crippen molar-refractivity contribution in [2.24, 2.45) is 0 Å². The minimum Gasteiger partial charge on any atom is -0.368 e. The van der Waals surface area contributed by atoms with Crippen molar-refractivity contribution < 1.29 is 33.8 Å². The lowest BCUT2D eigenvalue weighted by atomic mass is 10.0. The van der Waals surface area contributed by atoms with Crippen LogP contribution in [0.3, 0.4) is 0 Å². The van der Waals surface area contributed by atoms with E-state index < -0.39 is 26.7 Å². The number of hydrogen-bond donors (Lipinski definition) is 5. The average molecular weight is 338 g/mol. The lowest BCUT2D eigenvalue weighted by Crippen LogP contribution is -2.29. The third-order valence-electron chi connectivity index (χ3n) is 3.33. The number of aliphatic hydroxyl groups is 1. The Balaban J connectivity index is 2.93. The highest BCUT2D eigenvalue weighted by Crippen LogP contribution is 2.69. The molecule has 0 atom stereocenters. The molecule has 120 valence electrons. The van der Waals surface area contributed by atoms with Crippen LogP contribution in [0.2, 0.25) is 0 Å². The van der Waals surface area contributed by atoms with Crippen molar-refractivity contribution in [3.8, 4) is 0 Å². The summed E-state index contributed by atoms with van der Waals surface area (Å²) in [5.41, 5.74) is 1.69. The Morgan fingerprint density at radius 1 is 1.00 bits per heavy atom. The lowest BCUT2D eigenvalue weighted by Gasteiger charge is -2.29. The molecular formula is C12H20O7P2. The molecular weight excluding hydrogens is 318 g/mol. The molecule has 1 aromatic rings. The van der Waals surface area contributed by atoms with Gasteiger partial charge in [-0.25, -0.2) is 0 Å². The highest BCUT2D eigenvalue weighted by atomic mass is 31.2. The van der Waals surface area contributed by atoms with Crippen LogP contribution in [0.4, 0.5) is 0 Å². The standard InChI is InChI=1S/C12H20O7P2/c1-9(2)11-5-3-10(4-6-11)7-8-12(13,20(14,15)16)21(17,18)19/h3-6,9,13H,7-8H2,1-2H3,(H2,14,15,16)(H2,17,18,19). The van der Waals surface area contributed by atoms with Gasteiger partial charge in [0.2, 0.25) is 0 Å². The molecule has 1 aromatic carbocycles. The number of hydrogen-bond acceptors (Lipinski definition) is 3. The Morgan fingerprint density at radius 3 is 1.76 bits per heavy atom. The second kappa shape index (κ2) is 6.31. The third kappa shape index (κ3) is 4.24. The van der Waals surface area contributed by atoms with Crippen LogP contribution in [0.15, 0.2) is 24.3 Å². The first kappa shape index (κ1) is 18.5. The summed E-state index contributed by atoms with van der Waals surface area (Å²) >= 11 is 0. The van der Waals surface area contributed by atoms with Crippen molar-refractivity contribution in [1.82, 2.24) is 0 Å². The molecule has 0 bridgehead atoms. The van der Waals surface area contributed by atoms with Crippen molar-refractivity contribution >= 4 is 15.2 Å². The Morgan fingerprint density at radius 2 is 1.43 bits per heavy atom. The van der Waals surface area contributed by atoms with Gasteiger partial charge in [0.05, 0.1) is 0 Å². The van der Waals surface area contributed by atoms with Crippen molar-refractivity contribution in [3.63, 3.8) is 0 Å².